The number of amides is 1. The number of nitrogens with one attached hydrogen (secondary N) is 1. The van der Waals surface area contributed by atoms with Crippen LogP contribution < -0.4 is 11.1 Å². The van der Waals surface area contributed by atoms with Crippen molar-refractivity contribution in [1.82, 2.24) is 30.5 Å². The monoisotopic (exact) mass is 347 g/mol. The first-order valence-corrected chi connectivity index (χ1v) is 8.61. The molecule has 3 rings (SSSR count). The van der Waals surface area contributed by atoms with E-state index in [1.807, 2.05) is 20.8 Å². The number of aromatic nitrogens is 5. The Morgan fingerprint density at radius 2 is 2.08 bits per heavy atom. The van der Waals surface area contributed by atoms with Crippen molar-refractivity contribution in [1.29, 1.82) is 0 Å². The maximum Gasteiger partial charge on any atom is 0.273 e. The molecule has 25 heavy (non-hydrogen) atoms. The van der Waals surface area contributed by atoms with Gasteiger partial charge < -0.3 is 15.6 Å². The summed E-state index contributed by atoms with van der Waals surface area (Å²) in [6.07, 6.45) is 5.55. The minimum atomic E-state index is -0.311. The highest BCUT2D eigenvalue weighted by Crippen LogP contribution is 2.26. The molecular formula is C16H25N7O2. The summed E-state index contributed by atoms with van der Waals surface area (Å²) in [6, 6.07) is 0.536. The Kier molecular flexibility index (Phi) is 4.85. The van der Waals surface area contributed by atoms with Crippen molar-refractivity contribution in [3.05, 3.63) is 23.6 Å². The van der Waals surface area contributed by atoms with Gasteiger partial charge in [0.1, 0.15) is 0 Å². The molecule has 1 saturated carbocycles. The van der Waals surface area contributed by atoms with E-state index in [1.54, 1.807) is 10.9 Å². The summed E-state index contributed by atoms with van der Waals surface area (Å²) in [4.78, 5) is 16.5. The second kappa shape index (κ2) is 6.91. The lowest BCUT2D eigenvalue weighted by Crippen LogP contribution is -2.28. The largest absolute Gasteiger partial charge is 0.342 e. The van der Waals surface area contributed by atoms with Gasteiger partial charge in [-0.3, -0.25) is 4.79 Å². The molecule has 0 radical (unpaired) electrons. The van der Waals surface area contributed by atoms with Crippen LogP contribution in [0.15, 0.2) is 10.7 Å². The highest BCUT2D eigenvalue weighted by molar-refractivity contribution is 5.91. The van der Waals surface area contributed by atoms with Crippen LogP contribution in [0.2, 0.25) is 0 Å². The standard InChI is InChI=1S/C16H25N7O2/c1-16(2,3)15-19-13(25-21-15)8-18-14(24)12-9-23(22-20-12)11-6-4-10(17)5-7-11/h9-11H,4-8,17H2,1-3H3,(H,18,24). The van der Waals surface area contributed by atoms with Gasteiger partial charge in [-0.25, -0.2) is 4.68 Å². The Morgan fingerprint density at radius 1 is 1.36 bits per heavy atom. The molecule has 0 atom stereocenters. The van der Waals surface area contributed by atoms with Crippen LogP contribution in [-0.4, -0.2) is 37.1 Å². The van der Waals surface area contributed by atoms with Crippen LogP contribution in [0, 0.1) is 0 Å². The molecule has 2 aromatic heterocycles. The molecule has 1 amide bonds. The molecule has 0 aromatic carbocycles. The normalized spacial score (nSPS) is 21.3. The quantitative estimate of drug-likeness (QED) is 0.854. The molecule has 0 spiro atoms. The van der Waals surface area contributed by atoms with Gasteiger partial charge in [-0.1, -0.05) is 31.1 Å². The van der Waals surface area contributed by atoms with Crippen molar-refractivity contribution in [3.8, 4) is 0 Å². The van der Waals surface area contributed by atoms with E-state index >= 15 is 0 Å². The Hall–Kier alpha value is -2.29. The molecule has 9 heteroatoms. The Morgan fingerprint density at radius 3 is 2.72 bits per heavy atom. The van der Waals surface area contributed by atoms with E-state index in [2.05, 4.69) is 25.8 Å². The fourth-order valence-electron chi connectivity index (χ4n) is 2.80. The second-order valence-electron chi connectivity index (χ2n) is 7.60. The first kappa shape index (κ1) is 17.5. The van der Waals surface area contributed by atoms with Gasteiger partial charge in [0.05, 0.1) is 18.8 Å². The Bertz CT molecular complexity index is 723. The van der Waals surface area contributed by atoms with Crippen LogP contribution in [0.5, 0.6) is 0 Å². The van der Waals surface area contributed by atoms with E-state index in [-0.39, 0.29) is 35.6 Å². The van der Waals surface area contributed by atoms with E-state index in [0.29, 0.717) is 11.7 Å². The number of nitrogens with zero attached hydrogens (tertiary/aromatic N) is 5. The van der Waals surface area contributed by atoms with E-state index in [9.17, 15) is 4.79 Å². The summed E-state index contributed by atoms with van der Waals surface area (Å²) in [7, 11) is 0. The number of nitrogens with two attached hydrogens (primary N) is 1. The zero-order valence-electron chi connectivity index (χ0n) is 14.9. The van der Waals surface area contributed by atoms with Gasteiger partial charge >= 0.3 is 0 Å². The average Bonchev–Trinajstić information content (AvgIpc) is 3.22. The van der Waals surface area contributed by atoms with Crippen LogP contribution >= 0.6 is 0 Å². The molecule has 0 saturated heterocycles. The van der Waals surface area contributed by atoms with Crippen molar-refractivity contribution in [3.63, 3.8) is 0 Å². The second-order valence-corrected chi connectivity index (χ2v) is 7.60. The minimum absolute atomic E-state index is 0.160. The fourth-order valence-corrected chi connectivity index (χ4v) is 2.80. The molecule has 1 aliphatic rings. The van der Waals surface area contributed by atoms with Gasteiger partial charge in [0.2, 0.25) is 5.89 Å². The molecular weight excluding hydrogens is 322 g/mol. The number of carbonyl (C=O) groups excluding carboxylic acids is 1. The molecule has 9 nitrogen and oxygen atoms in total. The fraction of sp³-hybridized carbons (Fsp3) is 0.688. The van der Waals surface area contributed by atoms with E-state index in [0.717, 1.165) is 25.7 Å². The lowest BCUT2D eigenvalue weighted by atomic mass is 9.92. The van der Waals surface area contributed by atoms with Crippen molar-refractivity contribution >= 4 is 5.91 Å². The molecule has 1 fully saturated rings. The summed E-state index contributed by atoms with van der Waals surface area (Å²) in [5.74, 6) is 0.666. The maximum atomic E-state index is 12.2. The van der Waals surface area contributed by atoms with Gasteiger partial charge in [-0.2, -0.15) is 4.98 Å². The molecule has 2 aromatic rings. The highest BCUT2D eigenvalue weighted by atomic mass is 16.5. The minimum Gasteiger partial charge on any atom is -0.342 e. The summed E-state index contributed by atoms with van der Waals surface area (Å²) in [6.45, 7) is 6.15. The van der Waals surface area contributed by atoms with Crippen LogP contribution in [0.3, 0.4) is 0 Å². The predicted molar refractivity (Wildman–Crippen MR) is 89.7 cm³/mol. The zero-order chi connectivity index (χ0) is 18.0. The first-order chi connectivity index (χ1) is 11.8. The molecule has 0 bridgehead atoms. The van der Waals surface area contributed by atoms with Crippen molar-refractivity contribution in [2.24, 2.45) is 5.73 Å². The maximum absolute atomic E-state index is 12.2. The van der Waals surface area contributed by atoms with Gasteiger partial charge in [-0.15, -0.1) is 5.10 Å². The smallest absolute Gasteiger partial charge is 0.273 e. The summed E-state index contributed by atoms with van der Waals surface area (Å²) in [5.41, 5.74) is 6.01. The molecule has 136 valence electrons. The number of rotatable bonds is 4. The predicted octanol–water partition coefficient (Wildman–Crippen LogP) is 1.33. The van der Waals surface area contributed by atoms with Gasteiger partial charge in [-0.05, 0) is 25.7 Å². The van der Waals surface area contributed by atoms with E-state index in [1.165, 1.54) is 0 Å². The van der Waals surface area contributed by atoms with Gasteiger partial charge in [0, 0.05) is 11.5 Å². The van der Waals surface area contributed by atoms with Gasteiger partial charge in [0.15, 0.2) is 11.5 Å². The summed E-state index contributed by atoms with van der Waals surface area (Å²) in [5, 5.41) is 14.7. The Labute approximate surface area is 146 Å². The van der Waals surface area contributed by atoms with Crippen LogP contribution in [0.25, 0.3) is 0 Å². The van der Waals surface area contributed by atoms with Crippen molar-refractivity contribution in [2.75, 3.05) is 0 Å². The van der Waals surface area contributed by atoms with E-state index in [4.69, 9.17) is 10.3 Å². The lowest BCUT2D eigenvalue weighted by Gasteiger charge is -2.25. The SMILES string of the molecule is CC(C)(C)c1noc(CNC(=O)c2cn(C3CCC(N)CC3)nn2)n1. The summed E-state index contributed by atoms with van der Waals surface area (Å²) >= 11 is 0. The number of hydrogen-bond acceptors (Lipinski definition) is 7. The number of hydrogen-bond donors (Lipinski definition) is 2. The van der Waals surface area contributed by atoms with Crippen LogP contribution in [0.1, 0.15) is 74.7 Å². The third kappa shape index (κ3) is 4.22. The average molecular weight is 347 g/mol. The molecule has 3 N–H and O–H groups in total. The van der Waals surface area contributed by atoms with E-state index < -0.39 is 0 Å². The molecule has 1 aliphatic carbocycles. The van der Waals surface area contributed by atoms with Crippen LogP contribution in [-0.2, 0) is 12.0 Å². The molecule has 0 unspecified atom stereocenters. The zero-order valence-corrected chi connectivity index (χ0v) is 14.9. The first-order valence-electron chi connectivity index (χ1n) is 8.61. The third-order valence-electron chi connectivity index (χ3n) is 4.40. The summed E-state index contributed by atoms with van der Waals surface area (Å²) < 4.78 is 6.93. The third-order valence-corrected chi connectivity index (χ3v) is 4.40. The van der Waals surface area contributed by atoms with Crippen LogP contribution in [0.4, 0.5) is 0 Å². The number of carbonyl (C=O) groups is 1. The highest BCUT2D eigenvalue weighted by Gasteiger charge is 2.23. The van der Waals surface area contributed by atoms with Crippen molar-refractivity contribution in [2.45, 2.75) is 70.5 Å². The van der Waals surface area contributed by atoms with Gasteiger partial charge in [0.25, 0.3) is 5.91 Å². The topological polar surface area (TPSA) is 125 Å². The Balaban J connectivity index is 1.56. The molecule has 0 aliphatic heterocycles. The van der Waals surface area contributed by atoms with Crippen molar-refractivity contribution < 1.29 is 9.32 Å². The lowest BCUT2D eigenvalue weighted by molar-refractivity contribution is 0.0941. The molecule has 2 heterocycles.